The Morgan fingerprint density at radius 2 is 1.81 bits per heavy atom. The highest BCUT2D eigenvalue weighted by atomic mass is 15.3. The van der Waals surface area contributed by atoms with Crippen LogP contribution in [0.5, 0.6) is 0 Å². The lowest BCUT2D eigenvalue weighted by molar-refractivity contribution is 0.0897. The van der Waals surface area contributed by atoms with Crippen molar-refractivity contribution in [2.75, 3.05) is 40.8 Å². The summed E-state index contributed by atoms with van der Waals surface area (Å²) in [7, 11) is 6.57. The van der Waals surface area contributed by atoms with Crippen LogP contribution in [0.15, 0.2) is 24.3 Å². The largest absolute Gasteiger partial charge is 0.315 e. The third kappa shape index (κ3) is 4.29. The van der Waals surface area contributed by atoms with Gasteiger partial charge in [-0.2, -0.15) is 0 Å². The van der Waals surface area contributed by atoms with E-state index in [4.69, 9.17) is 0 Å². The molecule has 2 unspecified atom stereocenters. The fourth-order valence-electron chi connectivity index (χ4n) is 3.20. The summed E-state index contributed by atoms with van der Waals surface area (Å²) in [5.74, 6) is 0.609. The molecular formula is C18H31N3. The molecule has 0 aromatic heterocycles. The Hall–Kier alpha value is -0.900. The van der Waals surface area contributed by atoms with E-state index in [1.54, 1.807) is 0 Å². The van der Waals surface area contributed by atoms with Crippen LogP contribution in [-0.2, 0) is 6.42 Å². The lowest BCUT2D eigenvalue weighted by Crippen LogP contribution is -2.58. The second-order valence-electron chi connectivity index (χ2n) is 6.81. The van der Waals surface area contributed by atoms with Gasteiger partial charge in [0, 0.05) is 31.7 Å². The maximum Gasteiger partial charge on any atom is 0.0377 e. The van der Waals surface area contributed by atoms with Gasteiger partial charge in [0.25, 0.3) is 0 Å². The molecule has 1 aliphatic heterocycles. The molecule has 0 spiro atoms. The predicted molar refractivity (Wildman–Crippen MR) is 91.0 cm³/mol. The van der Waals surface area contributed by atoms with Gasteiger partial charge in [-0.15, -0.1) is 0 Å². The van der Waals surface area contributed by atoms with Gasteiger partial charge in [0.15, 0.2) is 0 Å². The molecular weight excluding hydrogens is 258 g/mol. The van der Waals surface area contributed by atoms with E-state index in [0.29, 0.717) is 18.0 Å². The zero-order chi connectivity index (χ0) is 15.4. The van der Waals surface area contributed by atoms with Crippen molar-refractivity contribution in [3.63, 3.8) is 0 Å². The first-order valence-electron chi connectivity index (χ1n) is 8.16. The molecule has 1 aromatic carbocycles. The molecule has 21 heavy (non-hydrogen) atoms. The number of likely N-dealkylation sites (N-methyl/N-ethyl adjacent to an activating group) is 3. The van der Waals surface area contributed by atoms with Crippen molar-refractivity contribution < 1.29 is 0 Å². The molecule has 0 radical (unpaired) electrons. The van der Waals surface area contributed by atoms with Crippen molar-refractivity contribution in [3.8, 4) is 0 Å². The smallest absolute Gasteiger partial charge is 0.0377 e. The Morgan fingerprint density at radius 1 is 1.14 bits per heavy atom. The molecule has 1 aromatic rings. The maximum absolute atomic E-state index is 3.54. The average Bonchev–Trinajstić information content (AvgIpc) is 2.48. The Morgan fingerprint density at radius 3 is 2.38 bits per heavy atom. The average molecular weight is 289 g/mol. The number of piperazine rings is 1. The van der Waals surface area contributed by atoms with Gasteiger partial charge in [0.2, 0.25) is 0 Å². The lowest BCUT2D eigenvalue weighted by atomic mass is 9.94. The molecule has 118 valence electrons. The molecule has 1 saturated heterocycles. The van der Waals surface area contributed by atoms with Crippen LogP contribution in [0.2, 0.25) is 0 Å². The quantitative estimate of drug-likeness (QED) is 0.896. The first kappa shape index (κ1) is 16.5. The first-order chi connectivity index (χ1) is 10.0. The number of benzene rings is 1. The van der Waals surface area contributed by atoms with Crippen LogP contribution >= 0.6 is 0 Å². The monoisotopic (exact) mass is 289 g/mol. The third-order valence-corrected chi connectivity index (χ3v) is 4.84. The summed E-state index contributed by atoms with van der Waals surface area (Å²) in [4.78, 5) is 4.94. The number of nitrogens with one attached hydrogen (secondary N) is 1. The molecule has 3 nitrogen and oxygen atoms in total. The van der Waals surface area contributed by atoms with Crippen LogP contribution in [0, 0.1) is 0 Å². The van der Waals surface area contributed by atoms with Crippen molar-refractivity contribution in [1.82, 2.24) is 15.1 Å². The second-order valence-corrected chi connectivity index (χ2v) is 6.81. The van der Waals surface area contributed by atoms with Gasteiger partial charge in [-0.05, 0) is 44.6 Å². The van der Waals surface area contributed by atoms with Gasteiger partial charge in [-0.3, -0.25) is 4.90 Å². The number of nitrogens with zero attached hydrogens (tertiary/aromatic N) is 2. The highest BCUT2D eigenvalue weighted by molar-refractivity contribution is 5.25. The fraction of sp³-hybridized carbons (Fsp3) is 0.667. The van der Waals surface area contributed by atoms with Gasteiger partial charge in [0.1, 0.15) is 0 Å². The molecule has 0 saturated carbocycles. The van der Waals surface area contributed by atoms with E-state index >= 15 is 0 Å². The molecule has 1 heterocycles. The van der Waals surface area contributed by atoms with E-state index < -0.39 is 0 Å². The molecule has 0 aliphatic carbocycles. The minimum Gasteiger partial charge on any atom is -0.315 e. The zero-order valence-corrected chi connectivity index (χ0v) is 14.3. The minimum atomic E-state index is 0.502. The minimum absolute atomic E-state index is 0.502. The standard InChI is InChI=1S/C18H31N3/c1-14(2)16-8-6-15(7-9-16)12-17(19-3)18-13-20(4)10-11-21(18)5/h6-9,14,17-19H,10-13H2,1-5H3. The van der Waals surface area contributed by atoms with Gasteiger partial charge in [-0.25, -0.2) is 0 Å². The second kappa shape index (κ2) is 7.39. The first-order valence-corrected chi connectivity index (χ1v) is 8.16. The van der Waals surface area contributed by atoms with Crippen LogP contribution < -0.4 is 5.32 Å². The molecule has 1 fully saturated rings. The van der Waals surface area contributed by atoms with Crippen LogP contribution in [0.4, 0.5) is 0 Å². The maximum atomic E-state index is 3.54. The Kier molecular flexibility index (Phi) is 5.80. The Labute approximate surface area is 130 Å². The van der Waals surface area contributed by atoms with Crippen molar-refractivity contribution in [3.05, 3.63) is 35.4 Å². The van der Waals surface area contributed by atoms with Gasteiger partial charge >= 0.3 is 0 Å². The molecule has 0 amide bonds. The van der Waals surface area contributed by atoms with Crippen LogP contribution in [-0.4, -0.2) is 62.7 Å². The van der Waals surface area contributed by atoms with Crippen LogP contribution in [0.3, 0.4) is 0 Å². The van der Waals surface area contributed by atoms with Crippen molar-refractivity contribution >= 4 is 0 Å². The summed E-state index contributed by atoms with van der Waals surface area (Å²) >= 11 is 0. The number of hydrogen-bond acceptors (Lipinski definition) is 3. The van der Waals surface area contributed by atoms with Crippen molar-refractivity contribution in [2.45, 2.75) is 38.3 Å². The van der Waals surface area contributed by atoms with E-state index in [0.717, 1.165) is 19.5 Å². The topological polar surface area (TPSA) is 18.5 Å². The predicted octanol–water partition coefficient (Wildman–Crippen LogP) is 2.19. The van der Waals surface area contributed by atoms with E-state index in [1.807, 2.05) is 0 Å². The van der Waals surface area contributed by atoms with E-state index in [9.17, 15) is 0 Å². The molecule has 1 aliphatic rings. The zero-order valence-electron chi connectivity index (χ0n) is 14.3. The molecule has 2 rings (SSSR count). The van der Waals surface area contributed by atoms with Gasteiger partial charge in [-0.1, -0.05) is 38.1 Å². The van der Waals surface area contributed by atoms with E-state index in [-0.39, 0.29) is 0 Å². The van der Waals surface area contributed by atoms with E-state index in [2.05, 4.69) is 74.4 Å². The summed E-state index contributed by atoms with van der Waals surface area (Å²) in [5, 5.41) is 3.54. The molecule has 0 bridgehead atoms. The number of rotatable bonds is 5. The summed E-state index contributed by atoms with van der Waals surface area (Å²) < 4.78 is 0. The molecule has 3 heteroatoms. The SMILES string of the molecule is CNC(Cc1ccc(C(C)C)cc1)C1CN(C)CCN1C. The fourth-order valence-corrected chi connectivity index (χ4v) is 3.20. The van der Waals surface area contributed by atoms with Crippen molar-refractivity contribution in [1.29, 1.82) is 0 Å². The Bertz CT molecular complexity index is 427. The lowest BCUT2D eigenvalue weighted by Gasteiger charge is -2.42. The molecule has 2 atom stereocenters. The van der Waals surface area contributed by atoms with Gasteiger partial charge in [0.05, 0.1) is 0 Å². The summed E-state index contributed by atoms with van der Waals surface area (Å²) in [6, 6.07) is 10.2. The van der Waals surface area contributed by atoms with E-state index in [1.165, 1.54) is 17.7 Å². The summed E-state index contributed by atoms with van der Waals surface area (Å²) in [6.07, 6.45) is 1.09. The Balaban J connectivity index is 2.04. The van der Waals surface area contributed by atoms with Crippen LogP contribution in [0.1, 0.15) is 30.9 Å². The highest BCUT2D eigenvalue weighted by Crippen LogP contribution is 2.18. The normalized spacial score (nSPS) is 22.7. The summed E-state index contributed by atoms with van der Waals surface area (Å²) in [6.45, 7) is 7.97. The summed E-state index contributed by atoms with van der Waals surface area (Å²) in [5.41, 5.74) is 2.86. The molecule has 1 N–H and O–H groups in total. The van der Waals surface area contributed by atoms with Crippen molar-refractivity contribution in [2.24, 2.45) is 0 Å². The van der Waals surface area contributed by atoms with Gasteiger partial charge < -0.3 is 10.2 Å². The van der Waals surface area contributed by atoms with Crippen LogP contribution in [0.25, 0.3) is 0 Å². The third-order valence-electron chi connectivity index (χ3n) is 4.84. The highest BCUT2D eigenvalue weighted by Gasteiger charge is 2.28. The number of hydrogen-bond donors (Lipinski definition) is 1.